The van der Waals surface area contributed by atoms with Crippen LogP contribution in [0.2, 0.25) is 28.2 Å². The van der Waals surface area contributed by atoms with Gasteiger partial charge in [0.05, 0.1) is 22.7 Å². The van der Waals surface area contributed by atoms with Gasteiger partial charge in [-0.05, 0) is 54.0 Å². The minimum Gasteiger partial charge on any atom is -0.543 e. The number of ether oxygens (including phenoxy) is 1. The van der Waals surface area contributed by atoms with Gasteiger partial charge in [0.15, 0.2) is 0 Å². The molecule has 0 amide bonds. The third kappa shape index (κ3) is 5.80. The lowest BCUT2D eigenvalue weighted by Crippen LogP contribution is -2.43. The predicted octanol–water partition coefficient (Wildman–Crippen LogP) is 6.25. The molecule has 2 aromatic carbocycles. The second-order valence-electron chi connectivity index (χ2n) is 8.41. The van der Waals surface area contributed by atoms with E-state index in [2.05, 4.69) is 50.4 Å². The van der Waals surface area contributed by atoms with Crippen molar-refractivity contribution in [3.8, 4) is 17.6 Å². The molecule has 7 heteroatoms. The fourth-order valence-electron chi connectivity index (χ4n) is 2.37. The molecule has 0 saturated heterocycles. The van der Waals surface area contributed by atoms with Crippen molar-refractivity contribution >= 4 is 37.5 Å². The summed E-state index contributed by atoms with van der Waals surface area (Å²) in [5, 5.41) is 10.7. The molecule has 0 aliphatic carbocycles. The minimum atomic E-state index is -1.96. The molecule has 2 aromatic rings. The van der Waals surface area contributed by atoms with E-state index in [0.29, 0.717) is 11.1 Å². The van der Waals surface area contributed by atoms with E-state index in [1.165, 1.54) is 19.2 Å². The molecule has 0 heterocycles. The molecule has 30 heavy (non-hydrogen) atoms. The lowest BCUT2D eigenvalue weighted by atomic mass is 10.1. The van der Waals surface area contributed by atoms with Crippen LogP contribution in [0.3, 0.4) is 0 Å². The Morgan fingerprint density at radius 1 is 1.13 bits per heavy atom. The van der Waals surface area contributed by atoms with Crippen molar-refractivity contribution in [1.29, 1.82) is 0 Å². The summed E-state index contributed by atoms with van der Waals surface area (Å²) in [5.41, 5.74) is 1.16. The first-order valence-corrected chi connectivity index (χ1v) is 13.1. The predicted molar refractivity (Wildman–Crippen MR) is 124 cm³/mol. The van der Waals surface area contributed by atoms with E-state index in [-0.39, 0.29) is 20.6 Å². The van der Waals surface area contributed by atoms with Crippen LogP contribution >= 0.6 is 23.2 Å². The second-order valence-corrected chi connectivity index (χ2v) is 14.0. The van der Waals surface area contributed by atoms with Crippen LogP contribution in [-0.4, -0.2) is 26.5 Å². The van der Waals surface area contributed by atoms with Gasteiger partial charge in [-0.25, -0.2) is 4.79 Å². The van der Waals surface area contributed by atoms with Gasteiger partial charge in [0.25, 0.3) is 0 Å². The van der Waals surface area contributed by atoms with E-state index in [1.54, 1.807) is 0 Å². The number of halogens is 2. The van der Waals surface area contributed by atoms with Gasteiger partial charge in [-0.2, -0.15) is 0 Å². The first kappa shape index (κ1) is 24.3. The minimum absolute atomic E-state index is 0.0558. The van der Waals surface area contributed by atoms with Crippen LogP contribution in [0.4, 0.5) is 0 Å². The second kappa shape index (κ2) is 9.45. The number of benzene rings is 2. The Morgan fingerprint density at radius 3 is 2.27 bits per heavy atom. The molecule has 0 radical (unpaired) electrons. The molecule has 1 N–H and O–H groups in total. The van der Waals surface area contributed by atoms with Gasteiger partial charge in [-0.3, -0.25) is 0 Å². The van der Waals surface area contributed by atoms with Crippen LogP contribution < -0.4 is 4.43 Å². The zero-order valence-corrected chi connectivity index (χ0v) is 20.5. The van der Waals surface area contributed by atoms with Crippen molar-refractivity contribution in [2.24, 2.45) is 0 Å². The number of rotatable bonds is 4. The molecule has 0 aromatic heterocycles. The fourth-order valence-corrected chi connectivity index (χ4v) is 4.05. The normalized spacial score (nSPS) is 12.6. The summed E-state index contributed by atoms with van der Waals surface area (Å²) >= 11 is 12.3. The highest BCUT2D eigenvalue weighted by molar-refractivity contribution is 6.74. The molecule has 160 valence electrons. The van der Waals surface area contributed by atoms with Crippen molar-refractivity contribution in [2.75, 3.05) is 7.11 Å². The van der Waals surface area contributed by atoms with Gasteiger partial charge in [0.1, 0.15) is 11.9 Å². The average Bonchev–Trinajstić information content (AvgIpc) is 2.64. The molecule has 4 nitrogen and oxygen atoms in total. The van der Waals surface area contributed by atoms with E-state index in [1.807, 2.05) is 24.3 Å². The summed E-state index contributed by atoms with van der Waals surface area (Å²) in [5.74, 6) is 5.85. The SMILES string of the molecule is COC(=O)c1c(Cl)cc(C(O)C#Cc2cccc(O[Si](C)(C)C(C)(C)C)c2)cc1Cl. The lowest BCUT2D eigenvalue weighted by molar-refractivity contribution is 0.0601. The molecule has 0 saturated carbocycles. The van der Waals surface area contributed by atoms with Crippen LogP contribution in [0.15, 0.2) is 36.4 Å². The Labute approximate surface area is 189 Å². The van der Waals surface area contributed by atoms with Crippen molar-refractivity contribution in [1.82, 2.24) is 0 Å². The van der Waals surface area contributed by atoms with Crippen molar-refractivity contribution < 1.29 is 19.1 Å². The average molecular weight is 465 g/mol. The van der Waals surface area contributed by atoms with Crippen LogP contribution in [0, 0.1) is 11.8 Å². The quantitative estimate of drug-likeness (QED) is 0.330. The first-order valence-electron chi connectivity index (χ1n) is 9.41. The van der Waals surface area contributed by atoms with Crippen molar-refractivity contribution in [3.05, 3.63) is 63.1 Å². The third-order valence-corrected chi connectivity index (χ3v) is 10.1. The van der Waals surface area contributed by atoms with E-state index in [4.69, 9.17) is 27.6 Å². The number of esters is 1. The van der Waals surface area contributed by atoms with Crippen LogP contribution in [0.1, 0.15) is 48.4 Å². The van der Waals surface area contributed by atoms with E-state index < -0.39 is 20.4 Å². The highest BCUT2D eigenvalue weighted by Crippen LogP contribution is 2.37. The Kier molecular flexibility index (Phi) is 7.65. The van der Waals surface area contributed by atoms with Crippen LogP contribution in [-0.2, 0) is 4.74 Å². The molecule has 0 bridgehead atoms. The van der Waals surface area contributed by atoms with Gasteiger partial charge in [-0.1, -0.05) is 61.9 Å². The highest BCUT2D eigenvalue weighted by Gasteiger charge is 2.38. The fraction of sp³-hybridized carbons (Fsp3) is 0.348. The number of carbonyl (C=O) groups excluding carboxylic acids is 1. The molecular formula is C23H26Cl2O4Si. The van der Waals surface area contributed by atoms with E-state index in [9.17, 15) is 9.90 Å². The molecule has 1 atom stereocenters. The smallest absolute Gasteiger partial charge is 0.340 e. The first-order chi connectivity index (χ1) is 13.9. The molecule has 2 rings (SSSR count). The molecule has 0 spiro atoms. The van der Waals surface area contributed by atoms with Gasteiger partial charge >= 0.3 is 5.97 Å². The highest BCUT2D eigenvalue weighted by atomic mass is 35.5. The summed E-state index contributed by atoms with van der Waals surface area (Å²) < 4.78 is 11.0. The molecule has 0 fully saturated rings. The summed E-state index contributed by atoms with van der Waals surface area (Å²) in [6.07, 6.45) is -1.13. The lowest BCUT2D eigenvalue weighted by Gasteiger charge is -2.36. The number of aliphatic hydroxyl groups is 1. The van der Waals surface area contributed by atoms with Crippen LogP contribution in [0.5, 0.6) is 5.75 Å². The number of carbonyl (C=O) groups is 1. The van der Waals surface area contributed by atoms with Gasteiger partial charge < -0.3 is 14.3 Å². The summed E-state index contributed by atoms with van der Waals surface area (Å²) in [7, 11) is -0.719. The van der Waals surface area contributed by atoms with Gasteiger partial charge in [0, 0.05) is 5.56 Å². The largest absolute Gasteiger partial charge is 0.543 e. The maximum atomic E-state index is 11.7. The maximum absolute atomic E-state index is 11.7. The summed E-state index contributed by atoms with van der Waals surface area (Å²) in [4.78, 5) is 11.7. The van der Waals surface area contributed by atoms with E-state index in [0.717, 1.165) is 5.75 Å². The van der Waals surface area contributed by atoms with Crippen molar-refractivity contribution in [3.63, 3.8) is 0 Å². The Hall–Kier alpha value is -1.97. The number of methoxy groups -OCH3 is 1. The topological polar surface area (TPSA) is 55.8 Å². The molecule has 1 unspecified atom stereocenters. The molecule has 0 aliphatic rings. The Bertz CT molecular complexity index is 977. The van der Waals surface area contributed by atoms with Crippen LogP contribution in [0.25, 0.3) is 0 Å². The van der Waals surface area contributed by atoms with Gasteiger partial charge in [-0.15, -0.1) is 0 Å². The number of aliphatic hydroxyl groups excluding tert-OH is 1. The molecule has 0 aliphatic heterocycles. The maximum Gasteiger partial charge on any atom is 0.340 e. The number of hydrogen-bond acceptors (Lipinski definition) is 4. The Balaban J connectivity index is 2.25. The zero-order valence-electron chi connectivity index (χ0n) is 18.0. The number of hydrogen-bond donors (Lipinski definition) is 1. The summed E-state index contributed by atoms with van der Waals surface area (Å²) in [6.45, 7) is 10.9. The Morgan fingerprint density at radius 2 is 1.73 bits per heavy atom. The molecular weight excluding hydrogens is 439 g/mol. The summed E-state index contributed by atoms with van der Waals surface area (Å²) in [6, 6.07) is 10.4. The zero-order chi connectivity index (χ0) is 22.7. The monoisotopic (exact) mass is 464 g/mol. The third-order valence-electron chi connectivity index (χ3n) is 5.14. The van der Waals surface area contributed by atoms with Crippen molar-refractivity contribution in [2.45, 2.75) is 45.0 Å². The standard InChI is InChI=1S/C23H26Cl2O4Si/c1-23(2,3)30(5,6)29-17-9-7-8-15(12-17)10-11-20(26)16-13-18(24)21(19(25)14-16)22(27)28-4/h7-9,12-14,20,26H,1-6H3. The van der Waals surface area contributed by atoms with Gasteiger partial charge in [0.2, 0.25) is 8.32 Å². The van der Waals surface area contributed by atoms with E-state index >= 15 is 0 Å².